The monoisotopic (exact) mass is 296 g/mol. The summed E-state index contributed by atoms with van der Waals surface area (Å²) in [6, 6.07) is 0. The maximum Gasteiger partial charge on any atom is -0.0391 e. The molecule has 0 aliphatic carbocycles. The van der Waals surface area contributed by atoms with Gasteiger partial charge in [-0.3, -0.25) is 0 Å². The molecule has 0 saturated heterocycles. The number of hydrogen-bond acceptors (Lipinski definition) is 0. The van der Waals surface area contributed by atoms with Gasteiger partial charge in [-0.25, -0.2) is 0 Å². The zero-order valence-electron chi connectivity index (χ0n) is 16.6. The van der Waals surface area contributed by atoms with E-state index in [9.17, 15) is 0 Å². The molecule has 0 aromatic rings. The molecule has 0 nitrogen and oxygen atoms in total. The standard InChI is InChI=1S/C21H44/c1-10-17(6)18(7)11-13-21(16(4)5)14-12-19(8)20(9)15(2)3/h15-21H,10-14H2,1-9H3. The predicted molar refractivity (Wildman–Crippen MR) is 98.6 cm³/mol. The van der Waals surface area contributed by atoms with Crippen LogP contribution in [0.25, 0.3) is 0 Å². The Morgan fingerprint density at radius 3 is 1.38 bits per heavy atom. The Morgan fingerprint density at radius 1 is 0.524 bits per heavy atom. The zero-order valence-corrected chi connectivity index (χ0v) is 16.6. The lowest BCUT2D eigenvalue weighted by Gasteiger charge is -2.28. The molecule has 0 fully saturated rings. The van der Waals surface area contributed by atoms with Crippen molar-refractivity contribution in [3.8, 4) is 0 Å². The highest BCUT2D eigenvalue weighted by Crippen LogP contribution is 2.31. The second-order valence-electron chi connectivity index (χ2n) is 8.60. The highest BCUT2D eigenvalue weighted by molar-refractivity contribution is 4.71. The zero-order chi connectivity index (χ0) is 16.6. The maximum atomic E-state index is 2.46. The molecule has 0 aliphatic rings. The average molecular weight is 297 g/mol. The fourth-order valence-corrected chi connectivity index (χ4v) is 3.37. The topological polar surface area (TPSA) is 0 Å². The lowest BCUT2D eigenvalue weighted by atomic mass is 9.78. The molecule has 0 heteroatoms. The normalized spacial score (nSPS) is 19.6. The molecular formula is C21H44. The van der Waals surface area contributed by atoms with Gasteiger partial charge in [0.05, 0.1) is 0 Å². The first kappa shape index (κ1) is 21.0. The van der Waals surface area contributed by atoms with Gasteiger partial charge in [-0.05, 0) is 54.3 Å². The highest BCUT2D eigenvalue weighted by Gasteiger charge is 2.20. The Balaban J connectivity index is 4.26. The molecule has 0 radical (unpaired) electrons. The van der Waals surface area contributed by atoms with E-state index in [4.69, 9.17) is 0 Å². The minimum absolute atomic E-state index is 0.822. The van der Waals surface area contributed by atoms with Crippen LogP contribution in [0.5, 0.6) is 0 Å². The Labute approximate surface area is 136 Å². The van der Waals surface area contributed by atoms with Crippen LogP contribution in [0.1, 0.15) is 94.4 Å². The van der Waals surface area contributed by atoms with Gasteiger partial charge < -0.3 is 0 Å². The molecule has 0 aromatic heterocycles. The molecule has 0 rings (SSSR count). The Bertz CT molecular complexity index is 240. The third-order valence-corrected chi connectivity index (χ3v) is 6.49. The lowest BCUT2D eigenvalue weighted by Crippen LogP contribution is -2.18. The molecule has 0 spiro atoms. The summed E-state index contributed by atoms with van der Waals surface area (Å²) in [6.45, 7) is 21.7. The number of rotatable bonds is 11. The van der Waals surface area contributed by atoms with Crippen LogP contribution in [0.15, 0.2) is 0 Å². The largest absolute Gasteiger partial charge is 0.0651 e. The van der Waals surface area contributed by atoms with Gasteiger partial charge in [-0.15, -0.1) is 0 Å². The van der Waals surface area contributed by atoms with Gasteiger partial charge in [-0.1, -0.05) is 81.6 Å². The molecule has 0 bridgehead atoms. The first-order valence-corrected chi connectivity index (χ1v) is 9.70. The molecular weight excluding hydrogens is 252 g/mol. The summed E-state index contributed by atoms with van der Waals surface area (Å²) in [7, 11) is 0. The molecule has 0 N–H and O–H groups in total. The van der Waals surface area contributed by atoms with Gasteiger partial charge in [-0.2, -0.15) is 0 Å². The van der Waals surface area contributed by atoms with Gasteiger partial charge in [0, 0.05) is 0 Å². The summed E-state index contributed by atoms with van der Waals surface area (Å²) in [5.74, 6) is 6.10. The fraction of sp³-hybridized carbons (Fsp3) is 1.00. The Kier molecular flexibility index (Phi) is 10.7. The van der Waals surface area contributed by atoms with Gasteiger partial charge in [0.1, 0.15) is 0 Å². The van der Waals surface area contributed by atoms with Crippen molar-refractivity contribution in [2.45, 2.75) is 94.4 Å². The smallest absolute Gasteiger partial charge is 0.0391 e. The Hall–Kier alpha value is 0. The molecule has 128 valence electrons. The van der Waals surface area contributed by atoms with Gasteiger partial charge in [0.15, 0.2) is 0 Å². The minimum Gasteiger partial charge on any atom is -0.0651 e. The minimum atomic E-state index is 0.822. The van der Waals surface area contributed by atoms with E-state index in [1.807, 2.05) is 0 Å². The molecule has 0 aromatic carbocycles. The predicted octanol–water partition coefficient (Wildman–Crippen LogP) is 7.43. The van der Waals surface area contributed by atoms with E-state index < -0.39 is 0 Å². The van der Waals surface area contributed by atoms with Crippen LogP contribution < -0.4 is 0 Å². The molecule has 0 amide bonds. The van der Waals surface area contributed by atoms with E-state index in [-0.39, 0.29) is 0 Å². The van der Waals surface area contributed by atoms with E-state index in [0.717, 1.165) is 41.4 Å². The van der Waals surface area contributed by atoms with Crippen molar-refractivity contribution in [1.82, 2.24) is 0 Å². The molecule has 5 atom stereocenters. The van der Waals surface area contributed by atoms with Crippen LogP contribution in [-0.2, 0) is 0 Å². The van der Waals surface area contributed by atoms with E-state index >= 15 is 0 Å². The van der Waals surface area contributed by atoms with Crippen molar-refractivity contribution in [2.75, 3.05) is 0 Å². The van der Waals surface area contributed by atoms with Crippen molar-refractivity contribution < 1.29 is 0 Å². The first-order valence-electron chi connectivity index (χ1n) is 9.70. The summed E-state index contributed by atoms with van der Waals surface area (Å²) in [5, 5.41) is 0. The van der Waals surface area contributed by atoms with Crippen molar-refractivity contribution in [2.24, 2.45) is 41.4 Å². The van der Waals surface area contributed by atoms with Gasteiger partial charge in [0.25, 0.3) is 0 Å². The third kappa shape index (κ3) is 8.27. The summed E-state index contributed by atoms with van der Waals surface area (Å²) in [4.78, 5) is 0. The van der Waals surface area contributed by atoms with Crippen LogP contribution in [-0.4, -0.2) is 0 Å². The van der Waals surface area contributed by atoms with Gasteiger partial charge in [0.2, 0.25) is 0 Å². The number of hydrogen-bond donors (Lipinski definition) is 0. The van der Waals surface area contributed by atoms with Gasteiger partial charge >= 0.3 is 0 Å². The van der Waals surface area contributed by atoms with Crippen LogP contribution >= 0.6 is 0 Å². The van der Waals surface area contributed by atoms with Crippen molar-refractivity contribution in [3.05, 3.63) is 0 Å². The fourth-order valence-electron chi connectivity index (χ4n) is 3.37. The molecule has 21 heavy (non-hydrogen) atoms. The summed E-state index contributed by atoms with van der Waals surface area (Å²) in [5.41, 5.74) is 0. The van der Waals surface area contributed by atoms with Crippen molar-refractivity contribution in [1.29, 1.82) is 0 Å². The Morgan fingerprint density at radius 2 is 1.00 bits per heavy atom. The van der Waals surface area contributed by atoms with Crippen LogP contribution in [0, 0.1) is 41.4 Å². The second-order valence-corrected chi connectivity index (χ2v) is 8.60. The summed E-state index contributed by atoms with van der Waals surface area (Å²) < 4.78 is 0. The quantitative estimate of drug-likeness (QED) is 0.372. The van der Waals surface area contributed by atoms with E-state index in [0.29, 0.717) is 0 Å². The average Bonchev–Trinajstić information content (AvgIpc) is 2.44. The van der Waals surface area contributed by atoms with E-state index in [1.54, 1.807) is 0 Å². The molecule has 5 unspecified atom stereocenters. The first-order chi connectivity index (χ1) is 9.70. The lowest BCUT2D eigenvalue weighted by molar-refractivity contribution is 0.225. The van der Waals surface area contributed by atoms with Crippen LogP contribution in [0.3, 0.4) is 0 Å². The van der Waals surface area contributed by atoms with Crippen molar-refractivity contribution in [3.63, 3.8) is 0 Å². The summed E-state index contributed by atoms with van der Waals surface area (Å²) >= 11 is 0. The summed E-state index contributed by atoms with van der Waals surface area (Å²) in [6.07, 6.45) is 7.04. The third-order valence-electron chi connectivity index (χ3n) is 6.49. The molecule has 0 aliphatic heterocycles. The second kappa shape index (κ2) is 10.7. The van der Waals surface area contributed by atoms with Crippen LogP contribution in [0.2, 0.25) is 0 Å². The van der Waals surface area contributed by atoms with E-state index in [1.165, 1.54) is 32.1 Å². The highest BCUT2D eigenvalue weighted by atomic mass is 14.3. The molecule has 0 saturated carbocycles. The van der Waals surface area contributed by atoms with Crippen LogP contribution in [0.4, 0.5) is 0 Å². The van der Waals surface area contributed by atoms with E-state index in [2.05, 4.69) is 62.3 Å². The maximum absolute atomic E-state index is 2.46. The SMILES string of the molecule is CCC(C)C(C)CCC(CCC(C)C(C)C(C)C)C(C)C. The molecule has 0 heterocycles. The van der Waals surface area contributed by atoms with Crippen molar-refractivity contribution >= 4 is 0 Å².